The first-order chi connectivity index (χ1) is 12.6. The van der Waals surface area contributed by atoms with Gasteiger partial charge in [-0.1, -0.05) is 18.9 Å². The molecule has 0 spiro atoms. The third-order valence-corrected chi connectivity index (χ3v) is 4.51. The first-order valence-corrected chi connectivity index (χ1v) is 8.87. The van der Waals surface area contributed by atoms with Crippen LogP contribution in [-0.4, -0.2) is 35.6 Å². The van der Waals surface area contributed by atoms with Gasteiger partial charge in [0.1, 0.15) is 11.4 Å². The topological polar surface area (TPSA) is 64.9 Å². The van der Waals surface area contributed by atoms with Crippen molar-refractivity contribution in [2.45, 2.75) is 6.92 Å². The zero-order valence-electron chi connectivity index (χ0n) is 14.6. The number of imidazole rings is 1. The molecule has 0 unspecified atom stereocenters. The molecule has 0 saturated carbocycles. The number of rotatable bonds is 7. The molecule has 0 amide bonds. The number of hydrogen-bond donors (Lipinski definition) is 1. The summed E-state index contributed by atoms with van der Waals surface area (Å²) < 4.78 is 29.7. The van der Waals surface area contributed by atoms with Crippen molar-refractivity contribution in [1.29, 1.82) is 0 Å². The minimum atomic E-state index is -0.483. The molecule has 6 nitrogen and oxygen atoms in total. The van der Waals surface area contributed by atoms with Gasteiger partial charge in [0.2, 0.25) is 0 Å². The maximum Gasteiger partial charge on any atom is 0.178 e. The van der Waals surface area contributed by atoms with Gasteiger partial charge < -0.3 is 14.2 Å². The minimum absolute atomic E-state index is 0.152. The number of anilines is 1. The fourth-order valence-corrected chi connectivity index (χ4v) is 3.13. The molecule has 26 heavy (non-hydrogen) atoms. The summed E-state index contributed by atoms with van der Waals surface area (Å²) >= 11 is 1.44. The monoisotopic (exact) mass is 375 g/mol. The summed E-state index contributed by atoms with van der Waals surface area (Å²) in [6.45, 7) is 1.99. The van der Waals surface area contributed by atoms with Crippen LogP contribution < -0.4 is 14.2 Å². The maximum atomic E-state index is 14.5. The van der Waals surface area contributed by atoms with E-state index in [1.54, 1.807) is 28.9 Å². The highest BCUT2D eigenvalue weighted by molar-refractivity contribution is 8.00. The number of aldehydes is 1. The van der Waals surface area contributed by atoms with Gasteiger partial charge in [0, 0.05) is 23.6 Å². The number of halogens is 1. The standard InChI is InChI=1S/C18H18FN3O3S/c1-4-26-21-14-6-11(5-13(19)18(14)25-3)15-8-20-17-7-16(24-2)12(10-23)9-22(15)17/h5-10,21H,4H2,1-3H3. The number of aromatic nitrogens is 2. The smallest absolute Gasteiger partial charge is 0.178 e. The van der Waals surface area contributed by atoms with Gasteiger partial charge in [-0.25, -0.2) is 9.37 Å². The molecule has 136 valence electrons. The molecule has 3 aromatic rings. The van der Waals surface area contributed by atoms with E-state index in [4.69, 9.17) is 9.47 Å². The minimum Gasteiger partial charge on any atom is -0.496 e. The van der Waals surface area contributed by atoms with Crippen molar-refractivity contribution in [3.63, 3.8) is 0 Å². The highest BCUT2D eigenvalue weighted by Gasteiger charge is 2.16. The van der Waals surface area contributed by atoms with E-state index in [2.05, 4.69) is 9.71 Å². The van der Waals surface area contributed by atoms with E-state index in [0.717, 1.165) is 5.75 Å². The lowest BCUT2D eigenvalue weighted by Gasteiger charge is -2.13. The number of fused-ring (bicyclic) bond motifs is 1. The predicted molar refractivity (Wildman–Crippen MR) is 101 cm³/mol. The quantitative estimate of drug-likeness (QED) is 0.496. The van der Waals surface area contributed by atoms with Crippen molar-refractivity contribution in [3.05, 3.63) is 42.0 Å². The lowest BCUT2D eigenvalue weighted by Crippen LogP contribution is -1.99. The summed E-state index contributed by atoms with van der Waals surface area (Å²) in [6, 6.07) is 4.84. The highest BCUT2D eigenvalue weighted by atomic mass is 32.2. The number of nitrogens with one attached hydrogen (secondary N) is 1. The number of carbonyl (C=O) groups excluding carboxylic acids is 1. The SMILES string of the molecule is CCSNc1cc(-c2cnc3cc(OC)c(C=O)cn23)cc(F)c1OC. The molecule has 0 aliphatic carbocycles. The van der Waals surface area contributed by atoms with E-state index in [9.17, 15) is 9.18 Å². The third-order valence-electron chi connectivity index (χ3n) is 3.86. The Morgan fingerprint density at radius 3 is 2.77 bits per heavy atom. The van der Waals surface area contributed by atoms with E-state index in [1.807, 2.05) is 6.92 Å². The van der Waals surface area contributed by atoms with Gasteiger partial charge in [-0.15, -0.1) is 0 Å². The Morgan fingerprint density at radius 2 is 2.12 bits per heavy atom. The van der Waals surface area contributed by atoms with Crippen LogP contribution in [0.4, 0.5) is 10.1 Å². The van der Waals surface area contributed by atoms with Crippen LogP contribution >= 0.6 is 11.9 Å². The van der Waals surface area contributed by atoms with Gasteiger partial charge in [0.15, 0.2) is 17.9 Å². The van der Waals surface area contributed by atoms with Gasteiger partial charge in [0.25, 0.3) is 0 Å². The van der Waals surface area contributed by atoms with Crippen LogP contribution in [0.15, 0.2) is 30.6 Å². The van der Waals surface area contributed by atoms with E-state index >= 15 is 0 Å². The zero-order chi connectivity index (χ0) is 18.7. The van der Waals surface area contributed by atoms with Crippen molar-refractivity contribution in [3.8, 4) is 22.8 Å². The number of methoxy groups -OCH3 is 2. The Bertz CT molecular complexity index is 958. The van der Waals surface area contributed by atoms with Crippen molar-refractivity contribution in [2.24, 2.45) is 0 Å². The summed E-state index contributed by atoms with van der Waals surface area (Å²) in [5.41, 5.74) is 2.77. The van der Waals surface area contributed by atoms with Crippen molar-refractivity contribution in [1.82, 2.24) is 9.38 Å². The molecular weight excluding hydrogens is 357 g/mol. The summed E-state index contributed by atoms with van der Waals surface area (Å²) in [4.78, 5) is 15.6. The van der Waals surface area contributed by atoms with Gasteiger partial charge in [-0.05, 0) is 12.1 Å². The fourth-order valence-electron chi connectivity index (χ4n) is 2.67. The second-order valence-electron chi connectivity index (χ2n) is 5.36. The number of ether oxygens (including phenoxy) is 2. The lowest BCUT2D eigenvalue weighted by molar-refractivity contribution is 0.112. The van der Waals surface area contributed by atoms with Gasteiger partial charge in [-0.2, -0.15) is 0 Å². The van der Waals surface area contributed by atoms with E-state index in [0.29, 0.717) is 40.2 Å². The van der Waals surface area contributed by atoms with Gasteiger partial charge in [-0.3, -0.25) is 9.20 Å². The highest BCUT2D eigenvalue weighted by Crippen LogP contribution is 2.35. The molecule has 1 N–H and O–H groups in total. The van der Waals surface area contributed by atoms with Crippen LogP contribution in [0.2, 0.25) is 0 Å². The largest absolute Gasteiger partial charge is 0.496 e. The van der Waals surface area contributed by atoms with E-state index in [1.165, 1.54) is 32.2 Å². The summed E-state index contributed by atoms with van der Waals surface area (Å²) in [6.07, 6.45) is 3.96. The molecule has 0 aliphatic rings. The lowest BCUT2D eigenvalue weighted by atomic mass is 10.1. The van der Waals surface area contributed by atoms with Crippen LogP contribution in [-0.2, 0) is 0 Å². The van der Waals surface area contributed by atoms with Crippen molar-refractivity contribution >= 4 is 29.6 Å². The molecule has 0 saturated heterocycles. The van der Waals surface area contributed by atoms with Crippen LogP contribution in [0.1, 0.15) is 17.3 Å². The molecule has 1 aromatic carbocycles. The number of hydrogen-bond acceptors (Lipinski definition) is 6. The second-order valence-corrected chi connectivity index (χ2v) is 6.43. The molecule has 0 bridgehead atoms. The Morgan fingerprint density at radius 1 is 1.31 bits per heavy atom. The molecule has 0 atom stereocenters. The van der Waals surface area contributed by atoms with E-state index < -0.39 is 5.82 Å². The Hall–Kier alpha value is -2.74. The van der Waals surface area contributed by atoms with Gasteiger partial charge in [0.05, 0.1) is 37.4 Å². The second kappa shape index (κ2) is 7.65. The number of pyridine rings is 1. The molecule has 8 heteroatoms. The molecule has 0 aliphatic heterocycles. The van der Waals surface area contributed by atoms with Crippen LogP contribution in [0.25, 0.3) is 16.9 Å². The molecule has 2 aromatic heterocycles. The third kappa shape index (κ3) is 3.20. The van der Waals surface area contributed by atoms with Crippen molar-refractivity contribution in [2.75, 3.05) is 24.7 Å². The molecule has 0 fully saturated rings. The van der Waals surface area contributed by atoms with E-state index in [-0.39, 0.29) is 5.75 Å². The summed E-state index contributed by atoms with van der Waals surface area (Å²) in [7, 11) is 2.92. The number of nitrogens with zero attached hydrogens (tertiary/aromatic N) is 2. The number of carbonyl (C=O) groups is 1. The molecule has 0 radical (unpaired) electrons. The fraction of sp³-hybridized carbons (Fsp3) is 0.222. The van der Waals surface area contributed by atoms with Gasteiger partial charge >= 0.3 is 0 Å². The normalized spacial score (nSPS) is 10.8. The van der Waals surface area contributed by atoms with Crippen molar-refractivity contribution < 1.29 is 18.7 Å². The van der Waals surface area contributed by atoms with Crippen LogP contribution in [0, 0.1) is 5.82 Å². The Labute approximate surface area is 154 Å². The number of benzene rings is 1. The average molecular weight is 375 g/mol. The maximum absolute atomic E-state index is 14.5. The molecular formula is C18H18FN3O3S. The molecule has 2 heterocycles. The average Bonchev–Trinajstić information content (AvgIpc) is 3.07. The first-order valence-electron chi connectivity index (χ1n) is 7.88. The Balaban J connectivity index is 2.17. The first kappa shape index (κ1) is 18.1. The van der Waals surface area contributed by atoms with Crippen LogP contribution in [0.3, 0.4) is 0 Å². The van der Waals surface area contributed by atoms with Crippen LogP contribution in [0.5, 0.6) is 11.5 Å². The summed E-state index contributed by atoms with van der Waals surface area (Å²) in [5, 5.41) is 0. The zero-order valence-corrected chi connectivity index (χ0v) is 15.4. The summed E-state index contributed by atoms with van der Waals surface area (Å²) in [5.74, 6) is 0.918. The Kier molecular flexibility index (Phi) is 5.32. The predicted octanol–water partition coefficient (Wildman–Crippen LogP) is 4.05. The molecule has 3 rings (SSSR count).